The molecule has 1 aromatic carbocycles. The van der Waals surface area contributed by atoms with Gasteiger partial charge in [-0.1, -0.05) is 0 Å². The van der Waals surface area contributed by atoms with Gasteiger partial charge in [0.05, 0.1) is 12.2 Å². The van der Waals surface area contributed by atoms with Crippen molar-refractivity contribution in [1.82, 2.24) is 20.4 Å². The van der Waals surface area contributed by atoms with Gasteiger partial charge >= 0.3 is 0 Å². The van der Waals surface area contributed by atoms with Crippen LogP contribution in [0, 0.1) is 19.7 Å². The van der Waals surface area contributed by atoms with Crippen LogP contribution in [-0.4, -0.2) is 53.2 Å². The van der Waals surface area contributed by atoms with Crippen LogP contribution in [0.5, 0.6) is 5.75 Å². The summed E-state index contributed by atoms with van der Waals surface area (Å²) in [5.74, 6) is 0.840. The Morgan fingerprint density at radius 2 is 2.04 bits per heavy atom. The van der Waals surface area contributed by atoms with E-state index < -0.39 is 6.10 Å². The Hall–Kier alpha value is -2.61. The first-order chi connectivity index (χ1) is 13.5. The molecule has 1 atom stereocenters. The summed E-state index contributed by atoms with van der Waals surface area (Å²) in [5, 5.41) is 20.9. The van der Waals surface area contributed by atoms with Gasteiger partial charge in [-0.25, -0.2) is 4.39 Å². The van der Waals surface area contributed by atoms with Crippen LogP contribution < -0.4 is 15.4 Å². The molecule has 0 fully saturated rings. The summed E-state index contributed by atoms with van der Waals surface area (Å²) < 4.78 is 20.3. The number of nitrogens with zero attached hydrogens (tertiary/aromatic N) is 3. The topological polar surface area (TPSA) is 83.7 Å². The van der Waals surface area contributed by atoms with E-state index in [0.29, 0.717) is 11.7 Å². The summed E-state index contributed by atoms with van der Waals surface area (Å²) in [7, 11) is 0. The largest absolute Gasteiger partial charge is 0.491 e. The zero-order valence-electron chi connectivity index (χ0n) is 16.8. The van der Waals surface area contributed by atoms with Gasteiger partial charge < -0.3 is 20.5 Å². The minimum absolute atomic E-state index is 0.0897. The fourth-order valence-electron chi connectivity index (χ4n) is 2.65. The van der Waals surface area contributed by atoms with Crippen molar-refractivity contribution in [2.45, 2.75) is 39.8 Å². The number of aliphatic hydroxyl groups excluding tert-OH is 1. The highest BCUT2D eigenvalue weighted by Crippen LogP contribution is 2.11. The molecular formula is C20H30FN5O2. The predicted molar refractivity (Wildman–Crippen MR) is 108 cm³/mol. The normalized spacial score (nSPS) is 12.7. The second-order valence-electron chi connectivity index (χ2n) is 6.57. The summed E-state index contributed by atoms with van der Waals surface area (Å²) >= 11 is 0. The van der Waals surface area contributed by atoms with Crippen molar-refractivity contribution < 1.29 is 14.2 Å². The van der Waals surface area contributed by atoms with Gasteiger partial charge in [0.1, 0.15) is 24.3 Å². The molecule has 3 N–H and O–H groups in total. The predicted octanol–water partition coefficient (Wildman–Crippen LogP) is 2.02. The molecule has 28 heavy (non-hydrogen) atoms. The Bertz CT molecular complexity index is 746. The van der Waals surface area contributed by atoms with Gasteiger partial charge in [-0.15, -0.1) is 0 Å². The molecule has 0 aliphatic carbocycles. The standard InChI is InChI=1S/C20H30FN5O2/c1-4-22-20(23-10-5-11-26-16(3)12-15(2)25-26)24-13-18(27)14-28-19-8-6-17(21)7-9-19/h6-9,12,18,27H,4-5,10-11,13-14H2,1-3H3,(H2,22,23,24). The molecule has 0 spiro atoms. The van der Waals surface area contributed by atoms with Crippen LogP contribution in [0.4, 0.5) is 4.39 Å². The summed E-state index contributed by atoms with van der Waals surface area (Å²) in [5.41, 5.74) is 2.18. The first-order valence-electron chi connectivity index (χ1n) is 9.57. The van der Waals surface area contributed by atoms with Crippen molar-refractivity contribution >= 4 is 5.96 Å². The van der Waals surface area contributed by atoms with Gasteiger partial charge in [0.25, 0.3) is 0 Å². The van der Waals surface area contributed by atoms with Crippen LogP contribution in [0.2, 0.25) is 0 Å². The smallest absolute Gasteiger partial charge is 0.191 e. The first kappa shape index (κ1) is 21.7. The zero-order valence-corrected chi connectivity index (χ0v) is 16.8. The molecular weight excluding hydrogens is 361 g/mol. The monoisotopic (exact) mass is 391 g/mol. The number of benzene rings is 1. The maximum atomic E-state index is 12.9. The number of guanidine groups is 1. The molecule has 0 amide bonds. The first-order valence-corrected chi connectivity index (χ1v) is 9.57. The number of aliphatic imine (C=N–C) groups is 1. The zero-order chi connectivity index (χ0) is 20.4. The third-order valence-electron chi connectivity index (χ3n) is 4.00. The summed E-state index contributed by atoms with van der Waals surface area (Å²) in [6, 6.07) is 7.76. The molecule has 0 bridgehead atoms. The molecule has 8 heteroatoms. The lowest BCUT2D eigenvalue weighted by atomic mass is 10.3. The molecule has 0 aliphatic rings. The highest BCUT2D eigenvalue weighted by atomic mass is 19.1. The van der Waals surface area contributed by atoms with E-state index in [4.69, 9.17) is 4.74 Å². The highest BCUT2D eigenvalue weighted by molar-refractivity contribution is 5.79. The van der Waals surface area contributed by atoms with E-state index in [1.165, 1.54) is 24.3 Å². The number of ether oxygens (including phenoxy) is 1. The molecule has 154 valence electrons. The van der Waals surface area contributed by atoms with E-state index in [9.17, 15) is 9.50 Å². The number of hydrogen-bond donors (Lipinski definition) is 3. The van der Waals surface area contributed by atoms with Crippen LogP contribution >= 0.6 is 0 Å². The maximum absolute atomic E-state index is 12.9. The number of rotatable bonds is 10. The Morgan fingerprint density at radius 3 is 2.68 bits per heavy atom. The van der Waals surface area contributed by atoms with Crippen molar-refractivity contribution in [3.8, 4) is 5.75 Å². The lowest BCUT2D eigenvalue weighted by Crippen LogP contribution is -2.39. The molecule has 1 aromatic heterocycles. The third kappa shape index (κ3) is 7.56. The number of nitrogens with one attached hydrogen (secondary N) is 2. The van der Waals surface area contributed by atoms with Gasteiger partial charge in [-0.3, -0.25) is 9.67 Å². The number of aliphatic hydroxyl groups is 1. The van der Waals surface area contributed by atoms with E-state index >= 15 is 0 Å². The minimum Gasteiger partial charge on any atom is -0.491 e. The molecule has 0 saturated heterocycles. The maximum Gasteiger partial charge on any atom is 0.191 e. The van der Waals surface area contributed by atoms with Crippen LogP contribution in [0.15, 0.2) is 35.3 Å². The quantitative estimate of drug-likeness (QED) is 0.328. The number of aryl methyl sites for hydroxylation is 3. The molecule has 0 saturated carbocycles. The van der Waals surface area contributed by atoms with Crippen LogP contribution in [-0.2, 0) is 6.54 Å². The van der Waals surface area contributed by atoms with Crippen LogP contribution in [0.1, 0.15) is 24.7 Å². The highest BCUT2D eigenvalue weighted by Gasteiger charge is 2.06. The van der Waals surface area contributed by atoms with Gasteiger partial charge in [0, 0.05) is 25.3 Å². The Labute approximate surface area is 165 Å². The van der Waals surface area contributed by atoms with Crippen molar-refractivity contribution in [2.75, 3.05) is 26.2 Å². The summed E-state index contributed by atoms with van der Waals surface area (Å²) in [6.45, 7) is 8.62. The van der Waals surface area contributed by atoms with E-state index in [-0.39, 0.29) is 19.0 Å². The molecule has 1 unspecified atom stereocenters. The van der Waals surface area contributed by atoms with Crippen molar-refractivity contribution in [3.05, 3.63) is 47.5 Å². The van der Waals surface area contributed by atoms with Crippen molar-refractivity contribution in [2.24, 2.45) is 4.99 Å². The van der Waals surface area contributed by atoms with E-state index in [1.54, 1.807) is 0 Å². The van der Waals surface area contributed by atoms with Gasteiger partial charge in [-0.05, 0) is 57.5 Å². The molecule has 7 nitrogen and oxygen atoms in total. The lowest BCUT2D eigenvalue weighted by Gasteiger charge is -2.14. The summed E-state index contributed by atoms with van der Waals surface area (Å²) in [6.07, 6.45) is 0.151. The molecule has 0 aliphatic heterocycles. The van der Waals surface area contributed by atoms with Gasteiger partial charge in [0.2, 0.25) is 0 Å². The molecule has 2 aromatic rings. The van der Waals surface area contributed by atoms with Gasteiger partial charge in [-0.2, -0.15) is 5.10 Å². The minimum atomic E-state index is -0.754. The lowest BCUT2D eigenvalue weighted by molar-refractivity contribution is 0.114. The average molecular weight is 391 g/mol. The van der Waals surface area contributed by atoms with Gasteiger partial charge in [0.15, 0.2) is 5.96 Å². The second kappa shape index (κ2) is 11.3. The fourth-order valence-corrected chi connectivity index (χ4v) is 2.65. The Morgan fingerprint density at radius 1 is 1.29 bits per heavy atom. The second-order valence-corrected chi connectivity index (χ2v) is 6.57. The fraction of sp³-hybridized carbons (Fsp3) is 0.500. The number of aromatic nitrogens is 2. The van der Waals surface area contributed by atoms with Crippen molar-refractivity contribution in [3.63, 3.8) is 0 Å². The number of hydrogen-bond acceptors (Lipinski definition) is 4. The third-order valence-corrected chi connectivity index (χ3v) is 4.00. The van der Waals surface area contributed by atoms with Crippen molar-refractivity contribution in [1.29, 1.82) is 0 Å². The van der Waals surface area contributed by atoms with E-state index in [0.717, 1.165) is 37.4 Å². The average Bonchev–Trinajstić information content (AvgIpc) is 2.99. The Kier molecular flexibility index (Phi) is 8.74. The summed E-state index contributed by atoms with van der Waals surface area (Å²) in [4.78, 5) is 4.39. The van der Waals surface area contributed by atoms with Crippen LogP contribution in [0.25, 0.3) is 0 Å². The molecule has 1 heterocycles. The van der Waals surface area contributed by atoms with E-state index in [2.05, 4.69) is 26.8 Å². The Balaban J connectivity index is 1.72. The number of halogens is 1. The SMILES string of the molecule is CCNC(=NCC(O)COc1ccc(F)cc1)NCCCn1nc(C)cc1C. The molecule has 0 radical (unpaired) electrons. The molecule has 2 rings (SSSR count). The van der Waals surface area contributed by atoms with Crippen LogP contribution in [0.3, 0.4) is 0 Å². The van der Waals surface area contributed by atoms with E-state index in [1.807, 2.05) is 25.5 Å².